The Kier molecular flexibility index (Phi) is 8.69. The summed E-state index contributed by atoms with van der Waals surface area (Å²) in [7, 11) is 1.62. The molecule has 0 spiro atoms. The Hall–Kier alpha value is -0.750. The molecule has 0 aromatic carbocycles. The lowest BCUT2D eigenvalue weighted by Gasteiger charge is -2.31. The third-order valence-electron chi connectivity index (χ3n) is 3.64. The summed E-state index contributed by atoms with van der Waals surface area (Å²) in [4.78, 5) is 25.3. The Morgan fingerprint density at radius 1 is 1.35 bits per heavy atom. The van der Waals surface area contributed by atoms with Crippen LogP contribution < -0.4 is 5.32 Å². The van der Waals surface area contributed by atoms with Crippen molar-refractivity contribution in [1.29, 1.82) is 0 Å². The molecule has 116 valence electrons. The molecule has 0 bridgehead atoms. The SMILES string of the molecule is COCCNC(=O)CCC1CCN(C(=O)CSC)CC1. The molecule has 20 heavy (non-hydrogen) atoms. The van der Waals surface area contributed by atoms with Gasteiger partial charge in [0, 0.05) is 33.2 Å². The van der Waals surface area contributed by atoms with Crippen LogP contribution in [0.4, 0.5) is 0 Å². The molecule has 5 nitrogen and oxygen atoms in total. The van der Waals surface area contributed by atoms with Gasteiger partial charge < -0.3 is 15.0 Å². The molecule has 1 aliphatic heterocycles. The van der Waals surface area contributed by atoms with Gasteiger partial charge in [0.25, 0.3) is 0 Å². The molecule has 1 aliphatic rings. The van der Waals surface area contributed by atoms with E-state index in [2.05, 4.69) is 5.32 Å². The van der Waals surface area contributed by atoms with E-state index in [9.17, 15) is 9.59 Å². The smallest absolute Gasteiger partial charge is 0.232 e. The van der Waals surface area contributed by atoms with Crippen molar-refractivity contribution in [2.75, 3.05) is 45.4 Å². The Bertz CT molecular complexity index is 305. The maximum atomic E-state index is 11.7. The first-order valence-electron chi connectivity index (χ1n) is 7.19. The van der Waals surface area contributed by atoms with Crippen LogP contribution >= 0.6 is 11.8 Å². The van der Waals surface area contributed by atoms with Crippen molar-refractivity contribution in [3.8, 4) is 0 Å². The number of hydrogen-bond acceptors (Lipinski definition) is 4. The number of ether oxygens (including phenoxy) is 1. The molecule has 0 aromatic rings. The third kappa shape index (κ3) is 6.61. The van der Waals surface area contributed by atoms with E-state index in [0.717, 1.165) is 32.4 Å². The molecule has 1 fully saturated rings. The van der Waals surface area contributed by atoms with E-state index in [1.54, 1.807) is 18.9 Å². The molecular weight excluding hydrogens is 276 g/mol. The second-order valence-electron chi connectivity index (χ2n) is 5.14. The van der Waals surface area contributed by atoms with Crippen LogP contribution in [0.1, 0.15) is 25.7 Å². The molecule has 1 N–H and O–H groups in total. The van der Waals surface area contributed by atoms with E-state index >= 15 is 0 Å². The van der Waals surface area contributed by atoms with Gasteiger partial charge in [0.15, 0.2) is 0 Å². The molecule has 0 radical (unpaired) electrons. The van der Waals surface area contributed by atoms with E-state index in [4.69, 9.17) is 4.74 Å². The molecule has 1 rings (SSSR count). The quantitative estimate of drug-likeness (QED) is 0.683. The summed E-state index contributed by atoms with van der Waals surface area (Å²) in [5.74, 6) is 1.49. The van der Waals surface area contributed by atoms with Gasteiger partial charge in [0.2, 0.25) is 11.8 Å². The van der Waals surface area contributed by atoms with Gasteiger partial charge in [-0.05, 0) is 31.4 Å². The Labute approximate surface area is 125 Å². The highest BCUT2D eigenvalue weighted by molar-refractivity contribution is 7.99. The molecule has 0 unspecified atom stereocenters. The zero-order chi connectivity index (χ0) is 14.8. The number of likely N-dealkylation sites (tertiary alicyclic amines) is 1. The average Bonchev–Trinajstić information content (AvgIpc) is 2.46. The highest BCUT2D eigenvalue weighted by Crippen LogP contribution is 2.22. The summed E-state index contributed by atoms with van der Waals surface area (Å²) in [6.45, 7) is 2.82. The number of hydrogen-bond donors (Lipinski definition) is 1. The number of amides is 2. The van der Waals surface area contributed by atoms with E-state index < -0.39 is 0 Å². The van der Waals surface area contributed by atoms with Crippen LogP contribution in [0, 0.1) is 5.92 Å². The lowest BCUT2D eigenvalue weighted by molar-refractivity contribution is -0.130. The molecular formula is C14H26N2O3S. The number of methoxy groups -OCH3 is 1. The minimum absolute atomic E-state index is 0.0999. The second-order valence-corrected chi connectivity index (χ2v) is 6.00. The highest BCUT2D eigenvalue weighted by Gasteiger charge is 2.22. The van der Waals surface area contributed by atoms with Crippen LogP contribution in [-0.2, 0) is 14.3 Å². The molecule has 0 aromatic heterocycles. The average molecular weight is 302 g/mol. The first kappa shape index (κ1) is 17.3. The molecule has 2 amide bonds. The fourth-order valence-corrected chi connectivity index (χ4v) is 2.83. The lowest BCUT2D eigenvalue weighted by atomic mass is 9.92. The summed E-state index contributed by atoms with van der Waals surface area (Å²) in [5, 5.41) is 2.84. The summed E-state index contributed by atoms with van der Waals surface area (Å²) >= 11 is 1.57. The number of carbonyl (C=O) groups excluding carboxylic acids is 2. The number of piperidine rings is 1. The second kappa shape index (κ2) is 10.0. The van der Waals surface area contributed by atoms with Crippen molar-refractivity contribution in [3.05, 3.63) is 0 Å². The zero-order valence-corrected chi connectivity index (χ0v) is 13.3. The first-order chi connectivity index (χ1) is 9.67. The summed E-state index contributed by atoms with van der Waals surface area (Å²) in [5.41, 5.74) is 0. The van der Waals surface area contributed by atoms with Crippen LogP contribution in [0.3, 0.4) is 0 Å². The van der Waals surface area contributed by atoms with Gasteiger partial charge in [-0.3, -0.25) is 9.59 Å². The predicted molar refractivity (Wildman–Crippen MR) is 81.8 cm³/mol. The van der Waals surface area contributed by atoms with Crippen molar-refractivity contribution in [2.24, 2.45) is 5.92 Å². The minimum atomic E-state index is 0.0999. The molecule has 0 saturated carbocycles. The Morgan fingerprint density at radius 3 is 2.65 bits per heavy atom. The largest absolute Gasteiger partial charge is 0.383 e. The lowest BCUT2D eigenvalue weighted by Crippen LogP contribution is -2.39. The Balaban J connectivity index is 2.13. The third-order valence-corrected chi connectivity index (χ3v) is 4.18. The maximum Gasteiger partial charge on any atom is 0.232 e. The van der Waals surface area contributed by atoms with Gasteiger partial charge in [-0.25, -0.2) is 0 Å². The zero-order valence-electron chi connectivity index (χ0n) is 12.5. The number of rotatable bonds is 8. The minimum Gasteiger partial charge on any atom is -0.383 e. The van der Waals surface area contributed by atoms with Crippen molar-refractivity contribution in [3.63, 3.8) is 0 Å². The standard InChI is InChI=1S/C14H26N2O3S/c1-19-10-7-15-13(17)4-3-12-5-8-16(9-6-12)14(18)11-20-2/h12H,3-11H2,1-2H3,(H,15,17). The molecule has 1 heterocycles. The van der Waals surface area contributed by atoms with Crippen LogP contribution in [0.5, 0.6) is 0 Å². The van der Waals surface area contributed by atoms with E-state index in [1.165, 1.54) is 0 Å². The van der Waals surface area contributed by atoms with E-state index in [-0.39, 0.29) is 11.8 Å². The molecule has 0 atom stereocenters. The molecule has 0 aliphatic carbocycles. The summed E-state index contributed by atoms with van der Waals surface area (Å²) in [6, 6.07) is 0. The van der Waals surface area contributed by atoms with Crippen LogP contribution in [0.15, 0.2) is 0 Å². The van der Waals surface area contributed by atoms with E-state index in [1.807, 2.05) is 11.2 Å². The fourth-order valence-electron chi connectivity index (χ4n) is 2.40. The monoisotopic (exact) mass is 302 g/mol. The summed E-state index contributed by atoms with van der Waals surface area (Å²) < 4.78 is 4.89. The maximum absolute atomic E-state index is 11.7. The number of thioether (sulfide) groups is 1. The van der Waals surface area contributed by atoms with Gasteiger partial charge in [0.05, 0.1) is 12.4 Å². The number of carbonyl (C=O) groups is 2. The van der Waals surface area contributed by atoms with Crippen molar-refractivity contribution in [1.82, 2.24) is 10.2 Å². The molecule has 6 heteroatoms. The topological polar surface area (TPSA) is 58.6 Å². The van der Waals surface area contributed by atoms with Crippen LogP contribution in [-0.4, -0.2) is 62.1 Å². The number of nitrogens with zero attached hydrogens (tertiary/aromatic N) is 1. The van der Waals surface area contributed by atoms with Gasteiger partial charge in [-0.1, -0.05) is 0 Å². The first-order valence-corrected chi connectivity index (χ1v) is 8.59. The fraction of sp³-hybridized carbons (Fsp3) is 0.857. The van der Waals surface area contributed by atoms with Crippen LogP contribution in [0.25, 0.3) is 0 Å². The van der Waals surface area contributed by atoms with Gasteiger partial charge in [0.1, 0.15) is 0 Å². The summed E-state index contributed by atoms with van der Waals surface area (Å²) in [6.07, 6.45) is 5.49. The number of nitrogens with one attached hydrogen (secondary N) is 1. The predicted octanol–water partition coefficient (Wildman–Crippen LogP) is 1.13. The van der Waals surface area contributed by atoms with Crippen LogP contribution in [0.2, 0.25) is 0 Å². The Morgan fingerprint density at radius 2 is 2.05 bits per heavy atom. The van der Waals surface area contributed by atoms with E-state index in [0.29, 0.717) is 31.2 Å². The van der Waals surface area contributed by atoms with Crippen molar-refractivity contribution < 1.29 is 14.3 Å². The van der Waals surface area contributed by atoms with Gasteiger partial charge in [-0.15, -0.1) is 0 Å². The van der Waals surface area contributed by atoms with Gasteiger partial charge >= 0.3 is 0 Å². The van der Waals surface area contributed by atoms with Crippen molar-refractivity contribution >= 4 is 23.6 Å². The molecule has 1 saturated heterocycles. The normalized spacial score (nSPS) is 16.2. The van der Waals surface area contributed by atoms with Gasteiger partial charge in [-0.2, -0.15) is 11.8 Å². The van der Waals surface area contributed by atoms with Crippen molar-refractivity contribution in [2.45, 2.75) is 25.7 Å². The highest BCUT2D eigenvalue weighted by atomic mass is 32.2.